The number of nitrogens with zero attached hydrogens (tertiary/aromatic N) is 2. The second kappa shape index (κ2) is 4.98. The average Bonchev–Trinajstić information content (AvgIpc) is 3.12. The van der Waals surface area contributed by atoms with E-state index in [4.69, 9.17) is 9.72 Å². The average molecular weight is 391 g/mol. The van der Waals surface area contributed by atoms with Crippen LogP contribution >= 0.6 is 22.6 Å². The van der Waals surface area contributed by atoms with Crippen LogP contribution < -0.4 is 4.74 Å². The molecule has 1 aliphatic rings. The molecule has 0 unspecified atom stereocenters. The van der Waals surface area contributed by atoms with Gasteiger partial charge in [-0.2, -0.15) is 5.10 Å². The summed E-state index contributed by atoms with van der Waals surface area (Å²) >= 11 is 2.20. The highest BCUT2D eigenvalue weighted by atomic mass is 127. The number of fused-ring (bicyclic) bond motifs is 2. The zero-order chi connectivity index (χ0) is 14.4. The lowest BCUT2D eigenvalue weighted by Gasteiger charge is -2.12. The van der Waals surface area contributed by atoms with Crippen molar-refractivity contribution in [3.8, 4) is 17.0 Å². The molecule has 3 aromatic rings. The Morgan fingerprint density at radius 1 is 1.29 bits per heavy atom. The van der Waals surface area contributed by atoms with Gasteiger partial charge in [-0.3, -0.25) is 5.10 Å². The number of nitrogens with one attached hydrogen (secondary N) is 1. The highest BCUT2D eigenvalue weighted by Crippen LogP contribution is 2.37. The molecule has 5 heteroatoms. The van der Waals surface area contributed by atoms with E-state index in [2.05, 4.69) is 51.0 Å². The molecule has 2 heterocycles. The maximum Gasteiger partial charge on any atom is 0.149 e. The van der Waals surface area contributed by atoms with E-state index in [0.717, 1.165) is 39.0 Å². The molecule has 106 valence electrons. The van der Waals surface area contributed by atoms with Crippen molar-refractivity contribution in [2.24, 2.45) is 0 Å². The van der Waals surface area contributed by atoms with Gasteiger partial charge in [-0.05, 0) is 53.0 Å². The maximum atomic E-state index is 5.56. The fourth-order valence-electron chi connectivity index (χ4n) is 3.09. The minimum absolute atomic E-state index is 0.794. The zero-order valence-corrected chi connectivity index (χ0v) is 13.8. The van der Waals surface area contributed by atoms with E-state index in [0.29, 0.717) is 0 Å². The number of pyridine rings is 1. The number of aromatic nitrogens is 3. The van der Waals surface area contributed by atoms with Crippen molar-refractivity contribution >= 4 is 33.6 Å². The fourth-order valence-corrected chi connectivity index (χ4v) is 3.62. The highest BCUT2D eigenvalue weighted by Gasteiger charge is 2.20. The van der Waals surface area contributed by atoms with Crippen molar-refractivity contribution in [1.82, 2.24) is 15.2 Å². The smallest absolute Gasteiger partial charge is 0.149 e. The van der Waals surface area contributed by atoms with Gasteiger partial charge in [-0.1, -0.05) is 18.2 Å². The molecular weight excluding hydrogens is 377 g/mol. The summed E-state index contributed by atoms with van der Waals surface area (Å²) in [6.45, 7) is 0. The Labute approximate surface area is 136 Å². The number of hydrogen-bond donors (Lipinski definition) is 1. The van der Waals surface area contributed by atoms with E-state index >= 15 is 0 Å². The van der Waals surface area contributed by atoms with Crippen LogP contribution in [-0.2, 0) is 12.8 Å². The van der Waals surface area contributed by atoms with Crippen molar-refractivity contribution in [1.29, 1.82) is 0 Å². The Morgan fingerprint density at radius 3 is 3.05 bits per heavy atom. The number of ether oxygens (including phenoxy) is 1. The van der Waals surface area contributed by atoms with Gasteiger partial charge < -0.3 is 4.74 Å². The molecule has 4 nitrogen and oxygen atoms in total. The summed E-state index contributed by atoms with van der Waals surface area (Å²) < 4.78 is 6.45. The van der Waals surface area contributed by atoms with Crippen molar-refractivity contribution in [3.63, 3.8) is 0 Å². The van der Waals surface area contributed by atoms with E-state index in [1.165, 1.54) is 23.1 Å². The Hall–Kier alpha value is -1.63. The summed E-state index contributed by atoms with van der Waals surface area (Å²) in [5.74, 6) is 0.794. The van der Waals surface area contributed by atoms with Crippen LogP contribution in [0.4, 0.5) is 0 Å². The molecule has 0 bridgehead atoms. The number of aryl methyl sites for hydroxylation is 1. The van der Waals surface area contributed by atoms with Gasteiger partial charge >= 0.3 is 0 Å². The standard InChI is InChI=1S/C16H14IN3O/c1-21-13-8-12-15(16(17)20-19-12)18-14(13)11-7-3-5-9-4-2-6-10(9)11/h3,5,7-8H,2,4,6H2,1H3,(H,19,20). The van der Waals surface area contributed by atoms with Gasteiger partial charge in [0.05, 0.1) is 12.6 Å². The molecular formula is C16H14IN3O. The quantitative estimate of drug-likeness (QED) is 0.678. The molecule has 2 aromatic heterocycles. The first kappa shape index (κ1) is 13.1. The molecule has 4 rings (SSSR count). The number of methoxy groups -OCH3 is 1. The molecule has 1 aliphatic carbocycles. The maximum absolute atomic E-state index is 5.56. The predicted octanol–water partition coefficient (Wildman–Crippen LogP) is 3.73. The molecule has 0 saturated heterocycles. The predicted molar refractivity (Wildman–Crippen MR) is 90.6 cm³/mol. The third kappa shape index (κ3) is 2.02. The van der Waals surface area contributed by atoms with Crippen LogP contribution in [0, 0.1) is 3.70 Å². The van der Waals surface area contributed by atoms with Crippen LogP contribution in [0.2, 0.25) is 0 Å². The minimum atomic E-state index is 0.794. The number of hydrogen-bond acceptors (Lipinski definition) is 3. The third-order valence-electron chi connectivity index (χ3n) is 4.08. The molecule has 0 aliphatic heterocycles. The van der Waals surface area contributed by atoms with E-state index in [-0.39, 0.29) is 0 Å². The lowest BCUT2D eigenvalue weighted by atomic mass is 9.99. The van der Waals surface area contributed by atoms with E-state index in [9.17, 15) is 0 Å². The van der Waals surface area contributed by atoms with Crippen LogP contribution in [0.25, 0.3) is 22.3 Å². The fraction of sp³-hybridized carbons (Fsp3) is 0.250. The Morgan fingerprint density at radius 2 is 2.19 bits per heavy atom. The number of rotatable bonds is 2. The van der Waals surface area contributed by atoms with E-state index in [1.54, 1.807) is 7.11 Å². The topological polar surface area (TPSA) is 50.8 Å². The number of aromatic amines is 1. The normalized spacial score (nSPS) is 13.6. The van der Waals surface area contributed by atoms with Crippen LogP contribution in [0.3, 0.4) is 0 Å². The zero-order valence-electron chi connectivity index (χ0n) is 11.6. The lowest BCUT2D eigenvalue weighted by molar-refractivity contribution is 0.415. The highest BCUT2D eigenvalue weighted by molar-refractivity contribution is 14.1. The second-order valence-electron chi connectivity index (χ2n) is 5.25. The summed E-state index contributed by atoms with van der Waals surface area (Å²) in [6.07, 6.45) is 3.51. The summed E-state index contributed by atoms with van der Waals surface area (Å²) in [6, 6.07) is 8.47. The second-order valence-corrected chi connectivity index (χ2v) is 6.27. The Kier molecular flexibility index (Phi) is 3.10. The van der Waals surface area contributed by atoms with Crippen molar-refractivity contribution in [2.45, 2.75) is 19.3 Å². The van der Waals surface area contributed by atoms with Gasteiger partial charge in [0.15, 0.2) is 0 Å². The monoisotopic (exact) mass is 391 g/mol. The van der Waals surface area contributed by atoms with Gasteiger partial charge in [0.2, 0.25) is 0 Å². The van der Waals surface area contributed by atoms with Crippen LogP contribution in [-0.4, -0.2) is 22.3 Å². The van der Waals surface area contributed by atoms with E-state index in [1.807, 2.05) is 6.07 Å². The molecule has 0 radical (unpaired) electrons. The molecule has 0 spiro atoms. The lowest BCUT2D eigenvalue weighted by Crippen LogP contribution is -1.96. The van der Waals surface area contributed by atoms with Crippen molar-refractivity contribution in [2.75, 3.05) is 7.11 Å². The Bertz CT molecular complexity index is 841. The van der Waals surface area contributed by atoms with Crippen LogP contribution in [0.5, 0.6) is 5.75 Å². The summed E-state index contributed by atoms with van der Waals surface area (Å²) in [5, 5.41) is 7.22. The molecule has 0 atom stereocenters. The molecule has 1 aromatic carbocycles. The van der Waals surface area contributed by atoms with Crippen molar-refractivity contribution < 1.29 is 4.74 Å². The number of benzene rings is 1. The molecule has 1 N–H and O–H groups in total. The Balaban J connectivity index is 2.01. The summed E-state index contributed by atoms with van der Waals surface area (Å²) in [5.41, 5.74) is 6.79. The number of halogens is 1. The largest absolute Gasteiger partial charge is 0.494 e. The SMILES string of the molecule is COc1cc2[nH]nc(I)c2nc1-c1cccc2c1CCC2. The van der Waals surface area contributed by atoms with Gasteiger partial charge in [-0.15, -0.1) is 0 Å². The van der Waals surface area contributed by atoms with Crippen molar-refractivity contribution in [3.05, 3.63) is 39.1 Å². The van der Waals surface area contributed by atoms with Gasteiger partial charge in [0.1, 0.15) is 20.7 Å². The first-order valence-electron chi connectivity index (χ1n) is 6.97. The molecule has 0 fully saturated rings. The van der Waals surface area contributed by atoms with E-state index < -0.39 is 0 Å². The van der Waals surface area contributed by atoms with Crippen LogP contribution in [0.1, 0.15) is 17.5 Å². The van der Waals surface area contributed by atoms with Gasteiger partial charge in [0, 0.05) is 11.6 Å². The van der Waals surface area contributed by atoms with Gasteiger partial charge in [0.25, 0.3) is 0 Å². The minimum Gasteiger partial charge on any atom is -0.494 e. The first-order valence-corrected chi connectivity index (χ1v) is 8.05. The van der Waals surface area contributed by atoms with Gasteiger partial charge in [-0.25, -0.2) is 4.98 Å². The number of H-pyrrole nitrogens is 1. The first-order chi connectivity index (χ1) is 10.3. The summed E-state index contributed by atoms with van der Waals surface area (Å²) in [4.78, 5) is 4.83. The molecule has 0 saturated carbocycles. The van der Waals surface area contributed by atoms with Crippen LogP contribution in [0.15, 0.2) is 24.3 Å². The third-order valence-corrected chi connectivity index (χ3v) is 4.83. The molecule has 0 amide bonds. The summed E-state index contributed by atoms with van der Waals surface area (Å²) in [7, 11) is 1.69. The molecule has 21 heavy (non-hydrogen) atoms.